The van der Waals surface area contributed by atoms with Crippen LogP contribution in [0.15, 0.2) is 0 Å². The van der Waals surface area contributed by atoms with Gasteiger partial charge in [0.25, 0.3) is 0 Å². The highest BCUT2D eigenvalue weighted by Gasteiger charge is 2.22. The average Bonchev–Trinajstić information content (AvgIpc) is 2.75. The van der Waals surface area contributed by atoms with Crippen LogP contribution >= 0.6 is 23.1 Å². The molecule has 1 aromatic heterocycles. The maximum absolute atomic E-state index is 5.62. The van der Waals surface area contributed by atoms with Crippen molar-refractivity contribution in [2.45, 2.75) is 31.9 Å². The molecule has 0 radical (unpaired) electrons. The Hall–Kier alpha value is -0.390. The third-order valence-corrected chi connectivity index (χ3v) is 3.19. The summed E-state index contributed by atoms with van der Waals surface area (Å²) in [6, 6.07) is 0.265. The van der Waals surface area contributed by atoms with Crippen LogP contribution in [0.4, 0.5) is 5.13 Å². The van der Waals surface area contributed by atoms with Crippen molar-refractivity contribution < 1.29 is 4.74 Å². The van der Waals surface area contributed by atoms with E-state index in [2.05, 4.69) is 21.6 Å². The van der Waals surface area contributed by atoms with Crippen LogP contribution in [0, 0.1) is 0 Å². The molecule has 4 nitrogen and oxygen atoms in total. The van der Waals surface area contributed by atoms with E-state index >= 15 is 0 Å². The van der Waals surface area contributed by atoms with Crippen molar-refractivity contribution in [2.75, 3.05) is 11.9 Å². The standard InChI is InChI=1S/C8H12ClN3OS/c1-5(6-3-2-4-13-6)10-8-11-7(9)12-14-8/h5-6H,2-4H2,1H3,(H,10,11,12). The van der Waals surface area contributed by atoms with Crippen LogP contribution in [0.5, 0.6) is 0 Å². The number of aromatic nitrogens is 2. The highest BCUT2D eigenvalue weighted by Crippen LogP contribution is 2.20. The number of halogens is 1. The molecule has 6 heteroatoms. The van der Waals surface area contributed by atoms with Crippen molar-refractivity contribution in [2.24, 2.45) is 0 Å². The third kappa shape index (κ3) is 2.34. The van der Waals surface area contributed by atoms with Gasteiger partial charge in [-0.2, -0.15) is 9.36 Å². The Morgan fingerprint density at radius 1 is 1.71 bits per heavy atom. The molecule has 2 rings (SSSR count). The second-order valence-electron chi connectivity index (χ2n) is 3.35. The summed E-state index contributed by atoms with van der Waals surface area (Å²) >= 11 is 6.90. The minimum absolute atomic E-state index is 0.265. The molecule has 1 fully saturated rings. The van der Waals surface area contributed by atoms with Crippen molar-refractivity contribution in [1.29, 1.82) is 0 Å². The van der Waals surface area contributed by atoms with E-state index in [0.717, 1.165) is 24.6 Å². The molecule has 2 atom stereocenters. The van der Waals surface area contributed by atoms with Gasteiger partial charge in [-0.1, -0.05) is 0 Å². The summed E-state index contributed by atoms with van der Waals surface area (Å²) in [5, 5.41) is 4.30. The molecule has 1 aliphatic heterocycles. The summed E-state index contributed by atoms with van der Waals surface area (Å²) in [7, 11) is 0. The monoisotopic (exact) mass is 233 g/mol. The van der Waals surface area contributed by atoms with Crippen LogP contribution in [0.1, 0.15) is 19.8 Å². The lowest BCUT2D eigenvalue weighted by Crippen LogP contribution is -2.29. The predicted molar refractivity (Wildman–Crippen MR) is 57.0 cm³/mol. The molecule has 2 heterocycles. The summed E-state index contributed by atoms with van der Waals surface area (Å²) < 4.78 is 9.44. The van der Waals surface area contributed by atoms with Crippen LogP contribution in [0.25, 0.3) is 0 Å². The summed E-state index contributed by atoms with van der Waals surface area (Å²) in [6.45, 7) is 2.96. The number of rotatable bonds is 3. The Balaban J connectivity index is 1.90. The first-order chi connectivity index (χ1) is 6.75. The molecule has 1 N–H and O–H groups in total. The Kier molecular flexibility index (Phi) is 3.20. The number of anilines is 1. The zero-order chi connectivity index (χ0) is 9.97. The van der Waals surface area contributed by atoms with E-state index in [0.29, 0.717) is 5.28 Å². The molecule has 0 bridgehead atoms. The average molecular weight is 234 g/mol. The Bertz CT molecular complexity index is 301. The van der Waals surface area contributed by atoms with Crippen LogP contribution in [-0.4, -0.2) is 28.1 Å². The van der Waals surface area contributed by atoms with Gasteiger partial charge in [-0.15, -0.1) is 0 Å². The van der Waals surface area contributed by atoms with Crippen molar-refractivity contribution >= 4 is 28.3 Å². The van der Waals surface area contributed by atoms with E-state index < -0.39 is 0 Å². The molecule has 14 heavy (non-hydrogen) atoms. The SMILES string of the molecule is CC(Nc1nc(Cl)ns1)C1CCCO1. The lowest BCUT2D eigenvalue weighted by atomic mass is 10.1. The second-order valence-corrected chi connectivity index (χ2v) is 4.44. The van der Waals surface area contributed by atoms with Gasteiger partial charge in [0.15, 0.2) is 0 Å². The van der Waals surface area contributed by atoms with Crippen LogP contribution in [0.3, 0.4) is 0 Å². The quantitative estimate of drug-likeness (QED) is 0.869. The first-order valence-corrected chi connectivity index (χ1v) is 5.78. The van der Waals surface area contributed by atoms with Gasteiger partial charge in [0.1, 0.15) is 0 Å². The summed E-state index contributed by atoms with van der Waals surface area (Å²) in [5.74, 6) is 0. The van der Waals surface area contributed by atoms with E-state index in [-0.39, 0.29) is 12.1 Å². The summed E-state index contributed by atoms with van der Waals surface area (Å²) in [5.41, 5.74) is 0. The molecular formula is C8H12ClN3OS. The van der Waals surface area contributed by atoms with Crippen LogP contribution in [0.2, 0.25) is 5.28 Å². The van der Waals surface area contributed by atoms with Gasteiger partial charge in [-0.25, -0.2) is 0 Å². The van der Waals surface area contributed by atoms with Gasteiger partial charge in [-0.3, -0.25) is 0 Å². The number of hydrogen-bond acceptors (Lipinski definition) is 5. The lowest BCUT2D eigenvalue weighted by molar-refractivity contribution is 0.0996. The number of hydrogen-bond donors (Lipinski definition) is 1. The van der Waals surface area contributed by atoms with Gasteiger partial charge in [0, 0.05) is 18.1 Å². The topological polar surface area (TPSA) is 47.0 Å². The van der Waals surface area contributed by atoms with E-state index in [4.69, 9.17) is 16.3 Å². The minimum atomic E-state index is 0.265. The molecule has 78 valence electrons. The van der Waals surface area contributed by atoms with Gasteiger partial charge < -0.3 is 10.1 Å². The molecule has 0 spiro atoms. The van der Waals surface area contributed by atoms with Gasteiger partial charge in [0.05, 0.1) is 12.1 Å². The van der Waals surface area contributed by atoms with Crippen molar-refractivity contribution in [3.05, 3.63) is 5.28 Å². The van der Waals surface area contributed by atoms with Crippen molar-refractivity contribution in [3.63, 3.8) is 0 Å². The van der Waals surface area contributed by atoms with Crippen molar-refractivity contribution in [1.82, 2.24) is 9.36 Å². The van der Waals surface area contributed by atoms with E-state index in [1.807, 2.05) is 0 Å². The highest BCUT2D eigenvalue weighted by molar-refractivity contribution is 7.09. The van der Waals surface area contributed by atoms with Gasteiger partial charge in [-0.05, 0) is 31.4 Å². The minimum Gasteiger partial charge on any atom is -0.376 e. The fraction of sp³-hybridized carbons (Fsp3) is 0.750. The molecule has 0 amide bonds. The maximum atomic E-state index is 5.62. The molecule has 1 aliphatic rings. The fourth-order valence-corrected chi connectivity index (χ4v) is 2.36. The molecular weight excluding hydrogens is 222 g/mol. The van der Waals surface area contributed by atoms with Crippen LogP contribution < -0.4 is 5.32 Å². The second kappa shape index (κ2) is 4.42. The Morgan fingerprint density at radius 3 is 3.14 bits per heavy atom. The molecule has 1 saturated heterocycles. The van der Waals surface area contributed by atoms with E-state index in [1.54, 1.807) is 0 Å². The number of nitrogens with zero attached hydrogens (tertiary/aromatic N) is 2. The normalized spacial score (nSPS) is 23.7. The molecule has 0 saturated carbocycles. The maximum Gasteiger partial charge on any atom is 0.236 e. The Labute approximate surface area is 91.8 Å². The summed E-state index contributed by atoms with van der Waals surface area (Å²) in [4.78, 5) is 4.03. The molecule has 0 aromatic carbocycles. The van der Waals surface area contributed by atoms with Gasteiger partial charge >= 0.3 is 0 Å². The highest BCUT2D eigenvalue weighted by atomic mass is 35.5. The third-order valence-electron chi connectivity index (χ3n) is 2.27. The number of nitrogens with one attached hydrogen (secondary N) is 1. The number of ether oxygens (including phenoxy) is 1. The Morgan fingerprint density at radius 2 is 2.57 bits per heavy atom. The largest absolute Gasteiger partial charge is 0.376 e. The fourth-order valence-electron chi connectivity index (χ4n) is 1.55. The first kappa shape index (κ1) is 10.1. The predicted octanol–water partition coefficient (Wildman–Crippen LogP) is 2.17. The molecule has 2 unspecified atom stereocenters. The first-order valence-electron chi connectivity index (χ1n) is 4.63. The van der Waals surface area contributed by atoms with E-state index in [9.17, 15) is 0 Å². The zero-order valence-electron chi connectivity index (χ0n) is 7.86. The molecule has 1 aromatic rings. The summed E-state index contributed by atoms with van der Waals surface area (Å²) in [6.07, 6.45) is 2.55. The van der Waals surface area contributed by atoms with Crippen LogP contribution in [-0.2, 0) is 4.74 Å². The van der Waals surface area contributed by atoms with E-state index in [1.165, 1.54) is 11.5 Å². The smallest absolute Gasteiger partial charge is 0.236 e. The lowest BCUT2D eigenvalue weighted by Gasteiger charge is -2.18. The van der Waals surface area contributed by atoms with Gasteiger partial charge in [0.2, 0.25) is 10.4 Å². The zero-order valence-corrected chi connectivity index (χ0v) is 9.44. The van der Waals surface area contributed by atoms with Crippen molar-refractivity contribution in [3.8, 4) is 0 Å². The molecule has 0 aliphatic carbocycles.